The van der Waals surface area contributed by atoms with Crippen molar-refractivity contribution in [2.45, 2.75) is 73.3 Å². The van der Waals surface area contributed by atoms with Gasteiger partial charge in [0.1, 0.15) is 0 Å². The molecule has 1 rings (SSSR count). The van der Waals surface area contributed by atoms with Gasteiger partial charge in [0.05, 0.1) is 0 Å². The summed E-state index contributed by atoms with van der Waals surface area (Å²) in [5.74, 6) is 0. The molecule has 1 atom stereocenters. The minimum absolute atomic E-state index is 0.365. The molecule has 2 nitrogen and oxygen atoms in total. The predicted molar refractivity (Wildman–Crippen MR) is 85.6 cm³/mol. The summed E-state index contributed by atoms with van der Waals surface area (Å²) in [7, 11) is 0. The number of rotatable bonds is 6. The Morgan fingerprint density at radius 3 is 2.21 bits per heavy atom. The maximum atomic E-state index is 3.74. The first kappa shape index (κ1) is 17.0. The molecule has 0 spiro atoms. The van der Waals surface area contributed by atoms with Gasteiger partial charge in [0, 0.05) is 6.04 Å². The van der Waals surface area contributed by atoms with E-state index >= 15 is 0 Å². The van der Waals surface area contributed by atoms with E-state index < -0.39 is 0 Å². The average Bonchev–Trinajstić information content (AvgIpc) is 2.29. The first-order chi connectivity index (χ1) is 8.74. The normalized spacial score (nSPS) is 22.4. The third-order valence-electron chi connectivity index (χ3n) is 4.63. The second-order valence-electron chi connectivity index (χ2n) is 8.17. The summed E-state index contributed by atoms with van der Waals surface area (Å²) in [6.45, 7) is 19.1. The maximum Gasteiger partial charge on any atom is 0.0128 e. The smallest absolute Gasteiger partial charge is 0.0128 e. The summed E-state index contributed by atoms with van der Waals surface area (Å²) in [5, 5.41) is 3.74. The second-order valence-corrected chi connectivity index (χ2v) is 8.17. The van der Waals surface area contributed by atoms with Crippen LogP contribution in [-0.4, -0.2) is 37.1 Å². The van der Waals surface area contributed by atoms with Gasteiger partial charge in [-0.05, 0) is 62.7 Å². The molecule has 1 fully saturated rings. The van der Waals surface area contributed by atoms with Crippen LogP contribution < -0.4 is 5.32 Å². The van der Waals surface area contributed by atoms with E-state index in [1.54, 1.807) is 0 Å². The molecule has 0 aromatic carbocycles. The van der Waals surface area contributed by atoms with Crippen LogP contribution in [0.15, 0.2) is 0 Å². The third kappa shape index (κ3) is 6.27. The van der Waals surface area contributed by atoms with Crippen LogP contribution in [0.1, 0.15) is 67.2 Å². The number of hydrogen-bond acceptors (Lipinski definition) is 2. The molecule has 1 aliphatic heterocycles. The van der Waals surface area contributed by atoms with E-state index in [2.05, 4.69) is 51.8 Å². The summed E-state index contributed by atoms with van der Waals surface area (Å²) < 4.78 is 0. The molecule has 0 aromatic heterocycles. The molecule has 0 aromatic rings. The first-order valence-corrected chi connectivity index (χ1v) is 8.20. The molecule has 1 unspecified atom stereocenters. The molecular weight excluding hydrogens is 232 g/mol. The van der Waals surface area contributed by atoms with Crippen LogP contribution >= 0.6 is 0 Å². The van der Waals surface area contributed by atoms with Gasteiger partial charge >= 0.3 is 0 Å². The maximum absolute atomic E-state index is 3.74. The van der Waals surface area contributed by atoms with Crippen molar-refractivity contribution < 1.29 is 0 Å². The first-order valence-electron chi connectivity index (χ1n) is 8.20. The van der Waals surface area contributed by atoms with Crippen molar-refractivity contribution in [1.29, 1.82) is 0 Å². The van der Waals surface area contributed by atoms with E-state index in [1.165, 1.54) is 45.3 Å². The van der Waals surface area contributed by atoms with Crippen LogP contribution in [0.25, 0.3) is 0 Å². The van der Waals surface area contributed by atoms with Crippen LogP contribution in [0.5, 0.6) is 0 Å². The van der Waals surface area contributed by atoms with Crippen molar-refractivity contribution >= 4 is 0 Å². The van der Waals surface area contributed by atoms with E-state index in [0.29, 0.717) is 16.9 Å². The van der Waals surface area contributed by atoms with Gasteiger partial charge in [0.25, 0.3) is 0 Å². The van der Waals surface area contributed by atoms with Crippen LogP contribution in [-0.2, 0) is 0 Å². The van der Waals surface area contributed by atoms with Crippen molar-refractivity contribution in [1.82, 2.24) is 10.2 Å². The zero-order valence-electron chi connectivity index (χ0n) is 14.2. The highest BCUT2D eigenvalue weighted by atomic mass is 15.1. The summed E-state index contributed by atoms with van der Waals surface area (Å²) >= 11 is 0. The van der Waals surface area contributed by atoms with E-state index in [0.717, 1.165) is 6.54 Å². The Kier molecular flexibility index (Phi) is 6.32. The fraction of sp³-hybridized carbons (Fsp3) is 1.00. The Bertz CT molecular complexity index is 242. The topological polar surface area (TPSA) is 15.3 Å². The second kappa shape index (κ2) is 7.08. The standard InChI is InChI=1S/C17H36N2/c1-7-11-18-15(16(2,3)4)8-12-19-13-9-17(5,6)10-14-19/h15,18H,7-14H2,1-6H3. The Labute approximate surface area is 121 Å². The number of nitrogens with zero attached hydrogens (tertiary/aromatic N) is 1. The van der Waals surface area contributed by atoms with Crippen molar-refractivity contribution in [2.24, 2.45) is 10.8 Å². The SMILES string of the molecule is CCCNC(CCN1CCC(C)(C)CC1)C(C)(C)C. The van der Waals surface area contributed by atoms with Crippen LogP contribution in [0.3, 0.4) is 0 Å². The number of likely N-dealkylation sites (tertiary alicyclic amines) is 1. The summed E-state index contributed by atoms with van der Waals surface area (Å²) in [6, 6.07) is 0.641. The van der Waals surface area contributed by atoms with Gasteiger partial charge in [-0.15, -0.1) is 0 Å². The van der Waals surface area contributed by atoms with Crippen LogP contribution in [0.4, 0.5) is 0 Å². The van der Waals surface area contributed by atoms with Gasteiger partial charge in [0.2, 0.25) is 0 Å². The number of hydrogen-bond donors (Lipinski definition) is 1. The van der Waals surface area contributed by atoms with Gasteiger partial charge in [-0.25, -0.2) is 0 Å². The summed E-state index contributed by atoms with van der Waals surface area (Å²) in [4.78, 5) is 2.66. The van der Waals surface area contributed by atoms with Crippen molar-refractivity contribution in [3.63, 3.8) is 0 Å². The molecule has 0 amide bonds. The van der Waals surface area contributed by atoms with Crippen LogP contribution in [0.2, 0.25) is 0 Å². The van der Waals surface area contributed by atoms with Crippen LogP contribution in [0, 0.1) is 10.8 Å². The zero-order valence-corrected chi connectivity index (χ0v) is 14.2. The zero-order chi connectivity index (χ0) is 14.5. The molecule has 0 bridgehead atoms. The Morgan fingerprint density at radius 2 is 1.74 bits per heavy atom. The lowest BCUT2D eigenvalue weighted by molar-refractivity contribution is 0.120. The third-order valence-corrected chi connectivity index (χ3v) is 4.63. The number of piperidine rings is 1. The van der Waals surface area contributed by atoms with Crippen molar-refractivity contribution in [2.75, 3.05) is 26.2 Å². The number of nitrogens with one attached hydrogen (secondary N) is 1. The fourth-order valence-corrected chi connectivity index (χ4v) is 2.85. The Balaban J connectivity index is 2.36. The Hall–Kier alpha value is -0.0800. The molecule has 1 aliphatic rings. The fourth-order valence-electron chi connectivity index (χ4n) is 2.85. The summed E-state index contributed by atoms with van der Waals surface area (Å²) in [6.07, 6.45) is 5.22. The average molecular weight is 268 g/mol. The molecule has 1 saturated heterocycles. The van der Waals surface area contributed by atoms with E-state index in [9.17, 15) is 0 Å². The molecular formula is C17H36N2. The molecule has 0 aliphatic carbocycles. The highest BCUT2D eigenvalue weighted by Crippen LogP contribution is 2.30. The van der Waals surface area contributed by atoms with Gasteiger partial charge in [-0.2, -0.15) is 0 Å². The molecule has 2 heteroatoms. The largest absolute Gasteiger partial charge is 0.313 e. The van der Waals surface area contributed by atoms with Gasteiger partial charge < -0.3 is 10.2 Å². The Morgan fingerprint density at radius 1 is 1.16 bits per heavy atom. The molecule has 19 heavy (non-hydrogen) atoms. The lowest BCUT2D eigenvalue weighted by Crippen LogP contribution is -2.45. The summed E-state index contributed by atoms with van der Waals surface area (Å²) in [5.41, 5.74) is 0.935. The monoisotopic (exact) mass is 268 g/mol. The predicted octanol–water partition coefficient (Wildman–Crippen LogP) is 3.91. The lowest BCUT2D eigenvalue weighted by Gasteiger charge is -2.39. The molecule has 0 saturated carbocycles. The van der Waals surface area contributed by atoms with Gasteiger partial charge in [0.15, 0.2) is 0 Å². The van der Waals surface area contributed by atoms with E-state index in [4.69, 9.17) is 0 Å². The van der Waals surface area contributed by atoms with E-state index in [-0.39, 0.29) is 0 Å². The van der Waals surface area contributed by atoms with E-state index in [1.807, 2.05) is 0 Å². The van der Waals surface area contributed by atoms with Gasteiger partial charge in [-0.3, -0.25) is 0 Å². The highest BCUT2D eigenvalue weighted by Gasteiger charge is 2.27. The quantitative estimate of drug-likeness (QED) is 0.785. The van der Waals surface area contributed by atoms with Crippen molar-refractivity contribution in [3.05, 3.63) is 0 Å². The highest BCUT2D eigenvalue weighted by molar-refractivity contribution is 4.83. The molecule has 1 heterocycles. The molecule has 1 N–H and O–H groups in total. The van der Waals surface area contributed by atoms with Gasteiger partial charge in [-0.1, -0.05) is 41.5 Å². The lowest BCUT2D eigenvalue weighted by atomic mass is 9.82. The van der Waals surface area contributed by atoms with Crippen molar-refractivity contribution in [3.8, 4) is 0 Å². The minimum Gasteiger partial charge on any atom is -0.313 e. The minimum atomic E-state index is 0.365. The molecule has 114 valence electrons. The molecule has 0 radical (unpaired) electrons.